The van der Waals surface area contributed by atoms with Crippen molar-refractivity contribution in [2.45, 2.75) is 25.7 Å². The zero-order valence-electron chi connectivity index (χ0n) is 16.4. The molecule has 0 bridgehead atoms. The SMILES string of the molecule is O=C(Nc1nccc(-c2cc(NCC3CCOCC3)ncn2)n1)C1CCCNC1. The lowest BCUT2D eigenvalue weighted by molar-refractivity contribution is -0.120. The van der Waals surface area contributed by atoms with Gasteiger partial charge in [0.25, 0.3) is 0 Å². The number of piperidine rings is 1. The van der Waals surface area contributed by atoms with Crippen molar-refractivity contribution in [1.82, 2.24) is 25.3 Å². The lowest BCUT2D eigenvalue weighted by atomic mass is 9.99. The minimum atomic E-state index is -0.0455. The molecule has 2 aromatic rings. The molecule has 3 N–H and O–H groups in total. The van der Waals surface area contributed by atoms with Gasteiger partial charge in [0.05, 0.1) is 17.3 Å². The van der Waals surface area contributed by atoms with Crippen molar-refractivity contribution < 1.29 is 9.53 Å². The van der Waals surface area contributed by atoms with Gasteiger partial charge in [-0.1, -0.05) is 0 Å². The van der Waals surface area contributed by atoms with Crippen LogP contribution in [-0.2, 0) is 9.53 Å². The summed E-state index contributed by atoms with van der Waals surface area (Å²) in [4.78, 5) is 29.7. The van der Waals surface area contributed by atoms with E-state index in [1.807, 2.05) is 6.07 Å². The van der Waals surface area contributed by atoms with E-state index in [1.165, 1.54) is 6.33 Å². The molecule has 1 amide bonds. The maximum absolute atomic E-state index is 12.4. The molecule has 2 aliphatic rings. The molecule has 29 heavy (non-hydrogen) atoms. The molecule has 0 aromatic carbocycles. The normalized spacial score (nSPS) is 20.2. The molecule has 9 nitrogen and oxygen atoms in total. The van der Waals surface area contributed by atoms with Crippen molar-refractivity contribution >= 4 is 17.7 Å². The fourth-order valence-corrected chi connectivity index (χ4v) is 3.64. The summed E-state index contributed by atoms with van der Waals surface area (Å²) in [5.74, 6) is 1.57. The molecule has 2 fully saturated rings. The second-order valence-corrected chi connectivity index (χ2v) is 7.52. The van der Waals surface area contributed by atoms with E-state index in [1.54, 1.807) is 12.3 Å². The highest BCUT2D eigenvalue weighted by atomic mass is 16.5. The fraction of sp³-hybridized carbons (Fsp3) is 0.550. The quantitative estimate of drug-likeness (QED) is 0.675. The molecule has 4 rings (SSSR count). The van der Waals surface area contributed by atoms with Crippen LogP contribution in [0.4, 0.5) is 11.8 Å². The van der Waals surface area contributed by atoms with Gasteiger partial charge in [0, 0.05) is 38.6 Å². The van der Waals surface area contributed by atoms with Crippen LogP contribution in [0.15, 0.2) is 24.7 Å². The number of hydrogen-bond donors (Lipinski definition) is 3. The van der Waals surface area contributed by atoms with Crippen LogP contribution in [0.1, 0.15) is 25.7 Å². The first-order chi connectivity index (χ1) is 14.3. The number of carbonyl (C=O) groups excluding carboxylic acids is 1. The maximum Gasteiger partial charge on any atom is 0.231 e. The highest BCUT2D eigenvalue weighted by Gasteiger charge is 2.21. The van der Waals surface area contributed by atoms with Gasteiger partial charge < -0.3 is 15.4 Å². The average molecular weight is 397 g/mol. The Kier molecular flexibility index (Phi) is 6.58. The molecule has 0 radical (unpaired) electrons. The van der Waals surface area contributed by atoms with Crippen LogP contribution >= 0.6 is 0 Å². The lowest BCUT2D eigenvalue weighted by Gasteiger charge is -2.22. The smallest absolute Gasteiger partial charge is 0.231 e. The van der Waals surface area contributed by atoms with Gasteiger partial charge in [0.2, 0.25) is 11.9 Å². The zero-order chi connectivity index (χ0) is 19.9. The number of amides is 1. The van der Waals surface area contributed by atoms with Crippen molar-refractivity contribution in [3.63, 3.8) is 0 Å². The third-order valence-electron chi connectivity index (χ3n) is 5.40. The van der Waals surface area contributed by atoms with Crippen molar-refractivity contribution in [2.24, 2.45) is 11.8 Å². The third-order valence-corrected chi connectivity index (χ3v) is 5.40. The van der Waals surface area contributed by atoms with E-state index in [4.69, 9.17) is 4.74 Å². The Labute approximate surface area is 170 Å². The molecule has 154 valence electrons. The second kappa shape index (κ2) is 9.71. The maximum atomic E-state index is 12.4. The van der Waals surface area contributed by atoms with E-state index in [0.717, 1.165) is 57.8 Å². The van der Waals surface area contributed by atoms with Crippen LogP contribution < -0.4 is 16.0 Å². The van der Waals surface area contributed by atoms with Gasteiger partial charge in [-0.3, -0.25) is 10.1 Å². The van der Waals surface area contributed by atoms with E-state index < -0.39 is 0 Å². The fourth-order valence-electron chi connectivity index (χ4n) is 3.64. The van der Waals surface area contributed by atoms with Crippen LogP contribution in [0.2, 0.25) is 0 Å². The predicted molar refractivity (Wildman–Crippen MR) is 109 cm³/mol. The number of nitrogens with one attached hydrogen (secondary N) is 3. The Balaban J connectivity index is 1.40. The van der Waals surface area contributed by atoms with Crippen molar-refractivity contribution in [3.8, 4) is 11.4 Å². The van der Waals surface area contributed by atoms with Gasteiger partial charge in [0.15, 0.2) is 0 Å². The van der Waals surface area contributed by atoms with Crippen LogP contribution in [0.3, 0.4) is 0 Å². The lowest BCUT2D eigenvalue weighted by Crippen LogP contribution is -2.37. The number of aromatic nitrogens is 4. The molecule has 2 aliphatic heterocycles. The summed E-state index contributed by atoms with van der Waals surface area (Å²) in [7, 11) is 0. The number of hydrogen-bond acceptors (Lipinski definition) is 8. The van der Waals surface area contributed by atoms with E-state index >= 15 is 0 Å². The summed E-state index contributed by atoms with van der Waals surface area (Å²) in [6, 6.07) is 3.65. The number of rotatable bonds is 6. The molecule has 0 aliphatic carbocycles. The zero-order valence-corrected chi connectivity index (χ0v) is 16.4. The van der Waals surface area contributed by atoms with Gasteiger partial charge in [-0.25, -0.2) is 19.9 Å². The molecular formula is C20H27N7O2. The summed E-state index contributed by atoms with van der Waals surface area (Å²) in [6.07, 6.45) is 7.17. The van der Waals surface area contributed by atoms with Crippen molar-refractivity contribution in [2.75, 3.05) is 43.5 Å². The monoisotopic (exact) mass is 397 g/mol. The summed E-state index contributed by atoms with van der Waals surface area (Å²) < 4.78 is 5.40. The highest BCUT2D eigenvalue weighted by Crippen LogP contribution is 2.20. The predicted octanol–water partition coefficient (Wildman–Crippen LogP) is 1.71. The number of anilines is 2. The molecule has 2 aromatic heterocycles. The number of nitrogens with zero attached hydrogens (tertiary/aromatic N) is 4. The minimum Gasteiger partial charge on any atom is -0.381 e. The summed E-state index contributed by atoms with van der Waals surface area (Å²) in [5, 5.41) is 9.47. The van der Waals surface area contributed by atoms with E-state index in [-0.39, 0.29) is 11.8 Å². The van der Waals surface area contributed by atoms with Gasteiger partial charge in [-0.05, 0) is 44.2 Å². The van der Waals surface area contributed by atoms with Crippen LogP contribution in [0, 0.1) is 11.8 Å². The Bertz CT molecular complexity index is 820. The Hall–Kier alpha value is -2.65. The minimum absolute atomic E-state index is 0.0453. The first-order valence-electron chi connectivity index (χ1n) is 10.3. The van der Waals surface area contributed by atoms with Crippen molar-refractivity contribution in [1.29, 1.82) is 0 Å². The average Bonchev–Trinajstić information content (AvgIpc) is 2.79. The molecule has 4 heterocycles. The summed E-state index contributed by atoms with van der Waals surface area (Å²) in [6.45, 7) is 4.18. The molecular weight excluding hydrogens is 370 g/mol. The summed E-state index contributed by atoms with van der Waals surface area (Å²) in [5.41, 5.74) is 1.33. The van der Waals surface area contributed by atoms with Gasteiger partial charge in [-0.15, -0.1) is 0 Å². The van der Waals surface area contributed by atoms with E-state index in [2.05, 4.69) is 35.9 Å². The largest absolute Gasteiger partial charge is 0.381 e. The standard InChI is InChI=1S/C20H27N7O2/c28-19(15-2-1-6-21-12-15)27-20-22-7-3-16(26-20)17-10-18(25-13-24-17)23-11-14-4-8-29-9-5-14/h3,7,10,13-15,21H,1-2,4-6,8-9,11-12H2,(H,23,24,25)(H,22,26,27,28). The number of ether oxygens (including phenoxy) is 1. The van der Waals surface area contributed by atoms with E-state index in [0.29, 0.717) is 29.8 Å². The van der Waals surface area contributed by atoms with Gasteiger partial charge >= 0.3 is 0 Å². The Morgan fingerprint density at radius 1 is 1.17 bits per heavy atom. The van der Waals surface area contributed by atoms with Crippen LogP contribution in [0.5, 0.6) is 0 Å². The Morgan fingerprint density at radius 2 is 2.07 bits per heavy atom. The highest BCUT2D eigenvalue weighted by molar-refractivity contribution is 5.91. The van der Waals surface area contributed by atoms with Crippen molar-refractivity contribution in [3.05, 3.63) is 24.7 Å². The third kappa shape index (κ3) is 5.45. The summed E-state index contributed by atoms with van der Waals surface area (Å²) >= 11 is 0. The van der Waals surface area contributed by atoms with E-state index in [9.17, 15) is 4.79 Å². The van der Waals surface area contributed by atoms with Crippen LogP contribution in [0.25, 0.3) is 11.4 Å². The first-order valence-corrected chi connectivity index (χ1v) is 10.3. The Morgan fingerprint density at radius 3 is 2.90 bits per heavy atom. The molecule has 0 spiro atoms. The van der Waals surface area contributed by atoms with Crippen LogP contribution in [-0.4, -0.2) is 58.7 Å². The van der Waals surface area contributed by atoms with Gasteiger partial charge in [-0.2, -0.15) is 0 Å². The molecule has 2 saturated heterocycles. The molecule has 0 saturated carbocycles. The number of carbonyl (C=O) groups is 1. The molecule has 1 atom stereocenters. The second-order valence-electron chi connectivity index (χ2n) is 7.52. The van der Waals surface area contributed by atoms with Gasteiger partial charge in [0.1, 0.15) is 12.1 Å². The first kappa shape index (κ1) is 19.7. The molecule has 1 unspecified atom stereocenters. The molecule has 9 heteroatoms. The topological polar surface area (TPSA) is 114 Å².